The lowest BCUT2D eigenvalue weighted by Crippen LogP contribution is -2.35. The second-order valence-electron chi connectivity index (χ2n) is 6.38. The molecule has 1 aliphatic rings. The highest BCUT2D eigenvalue weighted by Gasteiger charge is 2.32. The molecule has 2 unspecified atom stereocenters. The number of amides is 1. The van der Waals surface area contributed by atoms with E-state index in [9.17, 15) is 9.59 Å². The Hall–Kier alpha value is -1.26. The second-order valence-corrected chi connectivity index (χ2v) is 6.38. The van der Waals surface area contributed by atoms with E-state index in [-0.39, 0.29) is 12.5 Å². The first kappa shape index (κ1) is 15.8. The minimum absolute atomic E-state index is 0.199. The van der Waals surface area contributed by atoms with Crippen LogP contribution in [0.5, 0.6) is 0 Å². The number of carboxylic acids is 1. The molecule has 1 fully saturated rings. The van der Waals surface area contributed by atoms with Crippen LogP contribution >= 0.6 is 0 Å². The predicted molar refractivity (Wildman–Crippen MR) is 71.9 cm³/mol. The van der Waals surface area contributed by atoms with Crippen LogP contribution in [0.15, 0.2) is 0 Å². The van der Waals surface area contributed by atoms with Gasteiger partial charge >= 0.3 is 12.1 Å². The molecule has 0 saturated carbocycles. The van der Waals surface area contributed by atoms with E-state index in [1.54, 1.807) is 4.90 Å². The van der Waals surface area contributed by atoms with Gasteiger partial charge in [-0.15, -0.1) is 0 Å². The Labute approximate surface area is 114 Å². The van der Waals surface area contributed by atoms with Gasteiger partial charge in [0.15, 0.2) is 0 Å². The molecule has 0 aliphatic carbocycles. The molecule has 0 spiro atoms. The maximum absolute atomic E-state index is 11.9. The SMILES string of the molecule is CC(CCC(=O)O)C1CCN(C(=O)OC(C)(C)C)C1. The number of likely N-dealkylation sites (tertiary alicyclic amines) is 1. The number of rotatable bonds is 4. The summed E-state index contributed by atoms with van der Waals surface area (Å²) in [6.07, 6.45) is 1.53. The van der Waals surface area contributed by atoms with E-state index in [1.807, 2.05) is 20.8 Å². The molecule has 1 heterocycles. The van der Waals surface area contributed by atoms with Crippen molar-refractivity contribution < 1.29 is 19.4 Å². The fraction of sp³-hybridized carbons (Fsp3) is 0.857. The van der Waals surface area contributed by atoms with Crippen LogP contribution in [0.25, 0.3) is 0 Å². The lowest BCUT2D eigenvalue weighted by atomic mass is 9.89. The normalized spacial score (nSPS) is 21.3. The minimum atomic E-state index is -0.756. The van der Waals surface area contributed by atoms with Gasteiger partial charge in [0.2, 0.25) is 0 Å². The molecule has 1 saturated heterocycles. The smallest absolute Gasteiger partial charge is 0.410 e. The van der Waals surface area contributed by atoms with Gasteiger partial charge < -0.3 is 14.7 Å². The van der Waals surface area contributed by atoms with Crippen molar-refractivity contribution in [2.45, 2.75) is 52.6 Å². The van der Waals surface area contributed by atoms with Gasteiger partial charge in [-0.05, 0) is 45.4 Å². The summed E-state index contributed by atoms with van der Waals surface area (Å²) in [6.45, 7) is 9.01. The number of ether oxygens (including phenoxy) is 1. The summed E-state index contributed by atoms with van der Waals surface area (Å²) >= 11 is 0. The molecular weight excluding hydrogens is 246 g/mol. The number of aliphatic carboxylic acids is 1. The van der Waals surface area contributed by atoms with Crippen LogP contribution in [0, 0.1) is 11.8 Å². The maximum atomic E-state index is 11.9. The van der Waals surface area contributed by atoms with E-state index < -0.39 is 11.6 Å². The monoisotopic (exact) mass is 271 g/mol. The Bertz CT molecular complexity index is 335. The molecule has 1 N–H and O–H groups in total. The molecule has 5 heteroatoms. The van der Waals surface area contributed by atoms with Gasteiger partial charge in [0.05, 0.1) is 0 Å². The van der Waals surface area contributed by atoms with Crippen molar-refractivity contribution in [3.8, 4) is 0 Å². The highest BCUT2D eigenvalue weighted by Crippen LogP contribution is 2.28. The number of hydrogen-bond donors (Lipinski definition) is 1. The largest absolute Gasteiger partial charge is 0.481 e. The Morgan fingerprint density at radius 2 is 2.05 bits per heavy atom. The van der Waals surface area contributed by atoms with Gasteiger partial charge in [-0.2, -0.15) is 0 Å². The average molecular weight is 271 g/mol. The topological polar surface area (TPSA) is 66.8 Å². The summed E-state index contributed by atoms with van der Waals surface area (Å²) in [6, 6.07) is 0. The van der Waals surface area contributed by atoms with Crippen LogP contribution in [0.1, 0.15) is 47.0 Å². The Morgan fingerprint density at radius 3 is 2.58 bits per heavy atom. The van der Waals surface area contributed by atoms with Gasteiger partial charge in [-0.3, -0.25) is 4.79 Å². The molecule has 0 aromatic rings. The summed E-state index contributed by atoms with van der Waals surface area (Å²) in [5.41, 5.74) is -0.468. The van der Waals surface area contributed by atoms with Crippen molar-refractivity contribution in [3.63, 3.8) is 0 Å². The highest BCUT2D eigenvalue weighted by molar-refractivity contribution is 5.68. The molecule has 1 aliphatic heterocycles. The van der Waals surface area contributed by atoms with E-state index in [0.717, 1.165) is 6.42 Å². The fourth-order valence-electron chi connectivity index (χ4n) is 2.33. The van der Waals surface area contributed by atoms with Crippen molar-refractivity contribution in [3.05, 3.63) is 0 Å². The summed E-state index contributed by atoms with van der Waals surface area (Å²) in [7, 11) is 0. The molecule has 2 atom stereocenters. The predicted octanol–water partition coefficient (Wildman–Crippen LogP) is 2.74. The van der Waals surface area contributed by atoms with Crippen molar-refractivity contribution in [2.75, 3.05) is 13.1 Å². The molecule has 0 bridgehead atoms. The molecule has 0 aromatic carbocycles. The highest BCUT2D eigenvalue weighted by atomic mass is 16.6. The number of hydrogen-bond acceptors (Lipinski definition) is 3. The molecule has 1 rings (SSSR count). The van der Waals surface area contributed by atoms with Crippen LogP contribution in [0.2, 0.25) is 0 Å². The first-order valence-corrected chi connectivity index (χ1v) is 6.89. The third-order valence-electron chi connectivity index (χ3n) is 3.49. The van der Waals surface area contributed by atoms with Gasteiger partial charge in [0.25, 0.3) is 0 Å². The van der Waals surface area contributed by atoms with E-state index in [0.29, 0.717) is 31.3 Å². The third-order valence-corrected chi connectivity index (χ3v) is 3.49. The van der Waals surface area contributed by atoms with Gasteiger partial charge in [-0.1, -0.05) is 6.92 Å². The Kier molecular flexibility index (Phi) is 5.20. The number of carbonyl (C=O) groups is 2. The molecule has 5 nitrogen and oxygen atoms in total. The minimum Gasteiger partial charge on any atom is -0.481 e. The molecule has 110 valence electrons. The lowest BCUT2D eigenvalue weighted by Gasteiger charge is -2.25. The number of carboxylic acid groups (broad SMARTS) is 1. The fourth-order valence-corrected chi connectivity index (χ4v) is 2.33. The van der Waals surface area contributed by atoms with Crippen molar-refractivity contribution in [1.29, 1.82) is 0 Å². The quantitative estimate of drug-likeness (QED) is 0.853. The molecule has 19 heavy (non-hydrogen) atoms. The van der Waals surface area contributed by atoms with Crippen LogP contribution in [0.4, 0.5) is 4.79 Å². The zero-order valence-electron chi connectivity index (χ0n) is 12.3. The molecule has 0 aromatic heterocycles. The van der Waals surface area contributed by atoms with Crippen LogP contribution < -0.4 is 0 Å². The number of nitrogens with zero attached hydrogens (tertiary/aromatic N) is 1. The third kappa shape index (κ3) is 5.49. The van der Waals surface area contributed by atoms with E-state index in [4.69, 9.17) is 9.84 Å². The van der Waals surface area contributed by atoms with Gasteiger partial charge in [0.1, 0.15) is 5.60 Å². The number of carbonyl (C=O) groups excluding carboxylic acids is 1. The van der Waals surface area contributed by atoms with Crippen molar-refractivity contribution >= 4 is 12.1 Å². The summed E-state index contributed by atoms with van der Waals surface area (Å²) in [4.78, 5) is 24.2. The molecular formula is C14H25NO4. The summed E-state index contributed by atoms with van der Waals surface area (Å²) in [5.74, 6) is -0.0516. The van der Waals surface area contributed by atoms with Crippen molar-refractivity contribution in [1.82, 2.24) is 4.90 Å². The summed E-state index contributed by atoms with van der Waals surface area (Å²) in [5, 5.41) is 8.69. The molecule has 0 radical (unpaired) electrons. The van der Waals surface area contributed by atoms with Crippen LogP contribution in [-0.4, -0.2) is 40.8 Å². The first-order chi connectivity index (χ1) is 8.69. The van der Waals surface area contributed by atoms with Gasteiger partial charge in [-0.25, -0.2) is 4.79 Å². The Balaban J connectivity index is 2.40. The maximum Gasteiger partial charge on any atom is 0.410 e. The zero-order chi connectivity index (χ0) is 14.6. The average Bonchev–Trinajstić information content (AvgIpc) is 2.72. The van der Waals surface area contributed by atoms with Crippen LogP contribution in [0.3, 0.4) is 0 Å². The zero-order valence-corrected chi connectivity index (χ0v) is 12.3. The lowest BCUT2D eigenvalue weighted by molar-refractivity contribution is -0.137. The van der Waals surface area contributed by atoms with Crippen molar-refractivity contribution in [2.24, 2.45) is 11.8 Å². The van der Waals surface area contributed by atoms with E-state index >= 15 is 0 Å². The molecule has 1 amide bonds. The first-order valence-electron chi connectivity index (χ1n) is 6.89. The van der Waals surface area contributed by atoms with Gasteiger partial charge in [0, 0.05) is 19.5 Å². The summed E-state index contributed by atoms with van der Waals surface area (Å²) < 4.78 is 5.34. The second kappa shape index (κ2) is 6.26. The Morgan fingerprint density at radius 1 is 1.42 bits per heavy atom. The van der Waals surface area contributed by atoms with E-state index in [1.165, 1.54) is 0 Å². The van der Waals surface area contributed by atoms with Crippen LogP contribution in [-0.2, 0) is 9.53 Å². The van der Waals surface area contributed by atoms with E-state index in [2.05, 4.69) is 6.92 Å². The standard InChI is InChI=1S/C14H25NO4/c1-10(5-6-12(16)17)11-7-8-15(9-11)13(18)19-14(2,3)4/h10-11H,5-9H2,1-4H3,(H,16,17).